The van der Waals surface area contributed by atoms with Gasteiger partial charge in [0.25, 0.3) is 5.91 Å². The van der Waals surface area contributed by atoms with E-state index in [-0.39, 0.29) is 5.56 Å². The Balaban J connectivity index is 1.83. The van der Waals surface area contributed by atoms with Crippen LogP contribution in [0.4, 0.5) is 10.1 Å². The van der Waals surface area contributed by atoms with Crippen LogP contribution in [0.25, 0.3) is 6.08 Å². The third kappa shape index (κ3) is 5.07. The predicted molar refractivity (Wildman–Crippen MR) is 86.2 cm³/mol. The molecule has 4 nitrogen and oxygen atoms in total. The minimum absolute atomic E-state index is 0.272. The molecule has 0 atom stereocenters. The van der Waals surface area contributed by atoms with E-state index < -0.39 is 24.3 Å². The van der Waals surface area contributed by atoms with Gasteiger partial charge in [0.2, 0.25) is 0 Å². The SMILES string of the molecule is Cc1ccccc1NC(=O)COC(=O)/C=C/c1ccccc1F. The van der Waals surface area contributed by atoms with Crippen LogP contribution in [0.5, 0.6) is 0 Å². The smallest absolute Gasteiger partial charge is 0.331 e. The van der Waals surface area contributed by atoms with Gasteiger partial charge in [0.05, 0.1) is 0 Å². The first kappa shape index (κ1) is 16.4. The van der Waals surface area contributed by atoms with Crippen LogP contribution in [0.1, 0.15) is 11.1 Å². The molecule has 0 heterocycles. The summed E-state index contributed by atoms with van der Waals surface area (Å²) in [6.07, 6.45) is 2.39. The Bertz CT molecular complexity index is 741. The Morgan fingerprint density at radius 2 is 1.83 bits per heavy atom. The lowest BCUT2D eigenvalue weighted by molar-refractivity contribution is -0.142. The lowest BCUT2D eigenvalue weighted by Gasteiger charge is -2.07. The molecule has 0 fully saturated rings. The minimum Gasteiger partial charge on any atom is -0.452 e. The van der Waals surface area contributed by atoms with Crippen LogP contribution in [0.2, 0.25) is 0 Å². The average molecular weight is 313 g/mol. The highest BCUT2D eigenvalue weighted by Gasteiger charge is 2.07. The minimum atomic E-state index is -0.715. The van der Waals surface area contributed by atoms with E-state index in [1.54, 1.807) is 24.3 Å². The molecule has 0 radical (unpaired) electrons. The van der Waals surface area contributed by atoms with Crippen molar-refractivity contribution in [1.29, 1.82) is 0 Å². The van der Waals surface area contributed by atoms with E-state index in [2.05, 4.69) is 5.32 Å². The maximum Gasteiger partial charge on any atom is 0.331 e. The fraction of sp³-hybridized carbons (Fsp3) is 0.111. The number of carbonyl (C=O) groups excluding carboxylic acids is 2. The van der Waals surface area contributed by atoms with Gasteiger partial charge in [-0.3, -0.25) is 4.79 Å². The van der Waals surface area contributed by atoms with E-state index in [1.165, 1.54) is 18.2 Å². The summed E-state index contributed by atoms with van der Waals surface area (Å²) in [6.45, 7) is 1.45. The fourth-order valence-electron chi connectivity index (χ4n) is 1.85. The number of amides is 1. The highest BCUT2D eigenvalue weighted by atomic mass is 19.1. The Labute approximate surface area is 133 Å². The number of para-hydroxylation sites is 1. The molecule has 0 aliphatic rings. The van der Waals surface area contributed by atoms with Gasteiger partial charge in [-0.1, -0.05) is 36.4 Å². The maximum atomic E-state index is 13.4. The van der Waals surface area contributed by atoms with Crippen molar-refractivity contribution in [3.63, 3.8) is 0 Å². The average Bonchev–Trinajstić information content (AvgIpc) is 2.54. The van der Waals surface area contributed by atoms with Crippen LogP contribution in [0.3, 0.4) is 0 Å². The zero-order valence-electron chi connectivity index (χ0n) is 12.6. The van der Waals surface area contributed by atoms with Crippen molar-refractivity contribution in [2.75, 3.05) is 11.9 Å². The molecule has 1 N–H and O–H groups in total. The largest absolute Gasteiger partial charge is 0.452 e. The summed E-state index contributed by atoms with van der Waals surface area (Å²) in [5, 5.41) is 2.65. The van der Waals surface area contributed by atoms with E-state index >= 15 is 0 Å². The first-order valence-corrected chi connectivity index (χ1v) is 7.01. The highest BCUT2D eigenvalue weighted by molar-refractivity contribution is 5.95. The quantitative estimate of drug-likeness (QED) is 0.680. The van der Waals surface area contributed by atoms with Crippen LogP contribution < -0.4 is 5.32 Å². The third-order valence-electron chi connectivity index (χ3n) is 3.07. The molecule has 0 saturated carbocycles. The summed E-state index contributed by atoms with van der Waals surface area (Å²) < 4.78 is 18.2. The Morgan fingerprint density at radius 1 is 1.13 bits per heavy atom. The Morgan fingerprint density at radius 3 is 2.57 bits per heavy atom. The van der Waals surface area contributed by atoms with Crippen LogP contribution in [0, 0.1) is 12.7 Å². The van der Waals surface area contributed by atoms with Gasteiger partial charge in [0.1, 0.15) is 5.82 Å². The molecule has 0 aliphatic carbocycles. The second-order valence-electron chi connectivity index (χ2n) is 4.83. The number of halogens is 1. The molecule has 0 aromatic heterocycles. The summed E-state index contributed by atoms with van der Waals surface area (Å²) in [5.74, 6) is -1.59. The van der Waals surface area contributed by atoms with E-state index in [0.29, 0.717) is 5.69 Å². The summed E-state index contributed by atoms with van der Waals surface area (Å²) in [5.41, 5.74) is 1.84. The van der Waals surface area contributed by atoms with Gasteiger partial charge >= 0.3 is 5.97 Å². The molecule has 2 rings (SSSR count). The van der Waals surface area contributed by atoms with Crippen LogP contribution in [-0.4, -0.2) is 18.5 Å². The molecule has 0 saturated heterocycles. The molecule has 2 aromatic carbocycles. The van der Waals surface area contributed by atoms with Crippen molar-refractivity contribution >= 4 is 23.6 Å². The van der Waals surface area contributed by atoms with Crippen molar-refractivity contribution in [3.05, 3.63) is 71.6 Å². The third-order valence-corrected chi connectivity index (χ3v) is 3.07. The van der Waals surface area contributed by atoms with Gasteiger partial charge in [-0.15, -0.1) is 0 Å². The van der Waals surface area contributed by atoms with Gasteiger partial charge < -0.3 is 10.1 Å². The van der Waals surface area contributed by atoms with Gasteiger partial charge in [0, 0.05) is 17.3 Å². The molecule has 118 valence electrons. The molecule has 2 aromatic rings. The topological polar surface area (TPSA) is 55.4 Å². The van der Waals surface area contributed by atoms with Gasteiger partial charge in [0.15, 0.2) is 6.61 Å². The highest BCUT2D eigenvalue weighted by Crippen LogP contribution is 2.12. The Hall–Kier alpha value is -2.95. The number of esters is 1. The number of aryl methyl sites for hydroxylation is 1. The number of nitrogens with one attached hydrogen (secondary N) is 1. The summed E-state index contributed by atoms with van der Waals surface area (Å²) in [6, 6.07) is 13.3. The first-order valence-electron chi connectivity index (χ1n) is 7.01. The second-order valence-corrected chi connectivity index (χ2v) is 4.83. The molecule has 23 heavy (non-hydrogen) atoms. The van der Waals surface area contributed by atoms with Crippen molar-refractivity contribution < 1.29 is 18.7 Å². The summed E-state index contributed by atoms with van der Waals surface area (Å²) in [7, 11) is 0. The fourth-order valence-corrected chi connectivity index (χ4v) is 1.85. The number of hydrogen-bond donors (Lipinski definition) is 1. The lowest BCUT2D eigenvalue weighted by Crippen LogP contribution is -2.20. The van der Waals surface area contributed by atoms with Crippen molar-refractivity contribution in [3.8, 4) is 0 Å². The first-order chi connectivity index (χ1) is 11.1. The molecular formula is C18H16FNO3. The molecule has 0 bridgehead atoms. The number of ether oxygens (including phenoxy) is 1. The van der Waals surface area contributed by atoms with Crippen LogP contribution >= 0.6 is 0 Å². The monoisotopic (exact) mass is 313 g/mol. The van der Waals surface area contributed by atoms with Crippen molar-refractivity contribution in [2.24, 2.45) is 0 Å². The van der Waals surface area contributed by atoms with Gasteiger partial charge in [-0.2, -0.15) is 0 Å². The number of benzene rings is 2. The standard InChI is InChI=1S/C18H16FNO3/c1-13-6-2-5-9-16(13)20-17(21)12-23-18(22)11-10-14-7-3-4-8-15(14)19/h2-11H,12H2,1H3,(H,20,21)/b11-10+. The maximum absolute atomic E-state index is 13.4. The van der Waals surface area contributed by atoms with Gasteiger partial charge in [-0.25, -0.2) is 9.18 Å². The zero-order valence-corrected chi connectivity index (χ0v) is 12.6. The molecular weight excluding hydrogens is 297 g/mol. The second kappa shape index (κ2) is 7.89. The summed E-state index contributed by atoms with van der Waals surface area (Å²) >= 11 is 0. The normalized spacial score (nSPS) is 10.5. The van der Waals surface area contributed by atoms with Crippen molar-refractivity contribution in [2.45, 2.75) is 6.92 Å². The molecule has 0 spiro atoms. The number of anilines is 1. The van der Waals surface area contributed by atoms with Crippen LogP contribution in [-0.2, 0) is 14.3 Å². The van der Waals surface area contributed by atoms with E-state index in [9.17, 15) is 14.0 Å². The molecule has 1 amide bonds. The number of rotatable bonds is 5. The van der Waals surface area contributed by atoms with E-state index in [0.717, 1.165) is 11.6 Å². The molecule has 0 aliphatic heterocycles. The lowest BCUT2D eigenvalue weighted by atomic mass is 10.2. The summed E-state index contributed by atoms with van der Waals surface area (Å²) in [4.78, 5) is 23.3. The van der Waals surface area contributed by atoms with Crippen molar-refractivity contribution in [1.82, 2.24) is 0 Å². The predicted octanol–water partition coefficient (Wildman–Crippen LogP) is 3.33. The van der Waals surface area contributed by atoms with E-state index in [1.807, 2.05) is 19.1 Å². The van der Waals surface area contributed by atoms with E-state index in [4.69, 9.17) is 4.74 Å². The number of hydrogen-bond acceptors (Lipinski definition) is 3. The van der Waals surface area contributed by atoms with Gasteiger partial charge in [-0.05, 0) is 30.7 Å². The molecule has 5 heteroatoms. The molecule has 0 unspecified atom stereocenters. The Kier molecular flexibility index (Phi) is 5.63. The van der Waals surface area contributed by atoms with Crippen LogP contribution in [0.15, 0.2) is 54.6 Å². The zero-order chi connectivity index (χ0) is 16.7. The number of carbonyl (C=O) groups is 2.